The number of nitrogens with one attached hydrogen (secondary N) is 1. The maximum Gasteiger partial charge on any atom is 0.243 e. The molecule has 0 bridgehead atoms. The van der Waals surface area contributed by atoms with Crippen molar-refractivity contribution in [2.24, 2.45) is 4.99 Å². The average molecular weight is 512 g/mol. The number of nitrogens with zero attached hydrogens (tertiary/aromatic N) is 3. The van der Waals surface area contributed by atoms with Crippen molar-refractivity contribution in [1.82, 2.24) is 15.1 Å². The van der Waals surface area contributed by atoms with Gasteiger partial charge in [-0.25, -0.2) is 4.99 Å². The molecule has 0 aliphatic heterocycles. The van der Waals surface area contributed by atoms with Gasteiger partial charge < -0.3 is 19.5 Å². The Morgan fingerprint density at radius 2 is 1.96 bits per heavy atom. The van der Waals surface area contributed by atoms with E-state index in [0.717, 1.165) is 16.7 Å². The number of carbonyl (C=O) groups excluding carboxylic acids is 1. The molecule has 8 heteroatoms. The topological polar surface area (TPSA) is 61.1 Å². The molecule has 0 fully saturated rings. The Labute approximate surface area is 186 Å². The van der Waals surface area contributed by atoms with Crippen LogP contribution in [-0.4, -0.2) is 49.4 Å². The maximum atomic E-state index is 11.9. The highest BCUT2D eigenvalue weighted by Crippen LogP contribution is 2.19. The smallest absolute Gasteiger partial charge is 0.243 e. The third-order valence-corrected chi connectivity index (χ3v) is 4.97. The number of furan rings is 1. The van der Waals surface area contributed by atoms with Crippen LogP contribution in [0.1, 0.15) is 10.6 Å². The molecule has 0 spiro atoms. The van der Waals surface area contributed by atoms with Crippen molar-refractivity contribution in [1.29, 1.82) is 0 Å². The zero-order chi connectivity index (χ0) is 19.2. The fourth-order valence-corrected chi connectivity index (χ4v) is 3.24. The minimum atomic E-state index is -0.0393. The summed E-state index contributed by atoms with van der Waals surface area (Å²) in [5, 5.41) is 6.46. The second-order valence-corrected chi connectivity index (χ2v) is 7.50. The lowest BCUT2D eigenvalue weighted by atomic mass is 10.2. The summed E-state index contributed by atoms with van der Waals surface area (Å²) in [4.78, 5) is 21.1. The summed E-state index contributed by atoms with van der Waals surface area (Å²) in [6, 6.07) is 14.1. The number of benzene rings is 1. The van der Waals surface area contributed by atoms with E-state index >= 15 is 0 Å². The van der Waals surface area contributed by atoms with E-state index in [1.807, 2.05) is 53.7 Å². The van der Waals surface area contributed by atoms with Crippen LogP contribution in [0.15, 0.2) is 57.3 Å². The van der Waals surface area contributed by atoms with E-state index < -0.39 is 0 Å². The first kappa shape index (κ1) is 22.2. The number of likely N-dealkylation sites (N-methyl/N-ethyl adjacent to an activating group) is 1. The number of carbonyl (C=O) groups is 1. The number of rotatable bonds is 6. The molecule has 3 rings (SSSR count). The van der Waals surface area contributed by atoms with Crippen LogP contribution in [0.25, 0.3) is 11.0 Å². The molecule has 0 aliphatic rings. The number of para-hydroxylation sites is 1. The summed E-state index contributed by atoms with van der Waals surface area (Å²) in [5.41, 5.74) is 0.869. The van der Waals surface area contributed by atoms with Crippen molar-refractivity contribution >= 4 is 58.1 Å². The third kappa shape index (κ3) is 5.96. The predicted octanol–water partition coefficient (Wildman–Crippen LogP) is 3.78. The van der Waals surface area contributed by atoms with Crippen LogP contribution in [0.2, 0.25) is 0 Å². The van der Waals surface area contributed by atoms with Gasteiger partial charge in [0.15, 0.2) is 5.96 Å². The highest BCUT2D eigenvalue weighted by molar-refractivity contribution is 14.0. The Kier molecular flexibility index (Phi) is 8.31. The van der Waals surface area contributed by atoms with Crippen LogP contribution in [-0.2, 0) is 17.9 Å². The molecule has 1 aromatic carbocycles. The van der Waals surface area contributed by atoms with Crippen LogP contribution in [0.3, 0.4) is 0 Å². The Bertz CT molecular complexity index is 888. The summed E-state index contributed by atoms with van der Waals surface area (Å²) >= 11 is 1.68. The predicted molar refractivity (Wildman–Crippen MR) is 125 cm³/mol. The molecule has 0 aliphatic carbocycles. The van der Waals surface area contributed by atoms with Crippen molar-refractivity contribution in [2.75, 3.05) is 27.7 Å². The lowest BCUT2D eigenvalue weighted by Gasteiger charge is -2.21. The largest absolute Gasteiger partial charge is 0.459 e. The first-order chi connectivity index (χ1) is 13.0. The van der Waals surface area contributed by atoms with Gasteiger partial charge in [-0.3, -0.25) is 4.79 Å². The zero-order valence-corrected chi connectivity index (χ0v) is 19.4. The van der Waals surface area contributed by atoms with Gasteiger partial charge in [-0.1, -0.05) is 24.3 Å². The molecule has 0 saturated carbocycles. The highest BCUT2D eigenvalue weighted by Gasteiger charge is 2.12. The van der Waals surface area contributed by atoms with Crippen molar-refractivity contribution in [3.63, 3.8) is 0 Å². The fraction of sp³-hybridized carbons (Fsp3) is 0.300. The van der Waals surface area contributed by atoms with Crippen LogP contribution in [0.4, 0.5) is 0 Å². The molecular weight excluding hydrogens is 487 g/mol. The van der Waals surface area contributed by atoms with Gasteiger partial charge in [0.2, 0.25) is 5.91 Å². The molecular formula is C20H25IN4O2S. The van der Waals surface area contributed by atoms with Crippen molar-refractivity contribution in [2.45, 2.75) is 13.1 Å². The SMILES string of the molecule is CN(C)C(=O)CN=C(NCc1cccs1)N(C)Cc1cc2ccccc2o1.I. The number of aliphatic imine (C=N–C) groups is 1. The molecule has 1 N–H and O–H groups in total. The van der Waals surface area contributed by atoms with Gasteiger partial charge in [0.25, 0.3) is 0 Å². The normalized spacial score (nSPS) is 11.2. The molecule has 0 saturated heterocycles. The third-order valence-electron chi connectivity index (χ3n) is 4.09. The minimum Gasteiger partial charge on any atom is -0.459 e. The van der Waals surface area contributed by atoms with Gasteiger partial charge >= 0.3 is 0 Å². The number of fused-ring (bicyclic) bond motifs is 1. The standard InChI is InChI=1S/C20H24N4O2S.HI/c1-23(2)19(25)13-22-20(21-12-17-8-6-10-27-17)24(3)14-16-11-15-7-4-5-9-18(15)26-16;/h4-11H,12-14H2,1-3H3,(H,21,22);1H. The van der Waals surface area contributed by atoms with Crippen molar-refractivity contribution in [3.8, 4) is 0 Å². The quantitative estimate of drug-likeness (QED) is 0.310. The summed E-state index contributed by atoms with van der Waals surface area (Å²) in [6.45, 7) is 1.32. The maximum absolute atomic E-state index is 11.9. The van der Waals surface area contributed by atoms with Crippen LogP contribution >= 0.6 is 35.3 Å². The minimum absolute atomic E-state index is 0. The Morgan fingerprint density at radius 3 is 2.64 bits per heavy atom. The van der Waals surface area contributed by atoms with E-state index in [9.17, 15) is 4.79 Å². The Balaban J connectivity index is 0.00000280. The summed E-state index contributed by atoms with van der Waals surface area (Å²) in [6.07, 6.45) is 0. The molecule has 0 atom stereocenters. The van der Waals surface area contributed by atoms with E-state index in [4.69, 9.17) is 4.42 Å². The van der Waals surface area contributed by atoms with Gasteiger partial charge in [0.05, 0.1) is 13.1 Å². The van der Waals surface area contributed by atoms with E-state index in [0.29, 0.717) is 19.0 Å². The van der Waals surface area contributed by atoms with Crippen LogP contribution < -0.4 is 5.32 Å². The van der Waals surface area contributed by atoms with Crippen molar-refractivity contribution < 1.29 is 9.21 Å². The molecule has 6 nitrogen and oxygen atoms in total. The average Bonchev–Trinajstić information content (AvgIpc) is 3.29. The number of amides is 1. The van der Waals surface area contributed by atoms with Crippen LogP contribution in [0.5, 0.6) is 0 Å². The Morgan fingerprint density at radius 1 is 1.18 bits per heavy atom. The van der Waals surface area contributed by atoms with Gasteiger partial charge in [0.1, 0.15) is 17.9 Å². The molecule has 28 heavy (non-hydrogen) atoms. The number of hydrogen-bond donors (Lipinski definition) is 1. The van der Waals surface area contributed by atoms with E-state index in [1.165, 1.54) is 4.88 Å². The molecule has 3 aromatic rings. The molecule has 1 amide bonds. The first-order valence-corrected chi connectivity index (χ1v) is 9.60. The molecule has 2 heterocycles. The summed E-state index contributed by atoms with van der Waals surface area (Å²) in [7, 11) is 5.40. The van der Waals surface area contributed by atoms with Gasteiger partial charge in [-0.2, -0.15) is 0 Å². The van der Waals surface area contributed by atoms with Gasteiger partial charge in [-0.15, -0.1) is 35.3 Å². The molecule has 150 valence electrons. The van der Waals surface area contributed by atoms with E-state index in [-0.39, 0.29) is 36.4 Å². The number of guanidine groups is 1. The highest BCUT2D eigenvalue weighted by atomic mass is 127. The number of thiophene rings is 1. The summed E-state index contributed by atoms with van der Waals surface area (Å²) in [5.74, 6) is 1.48. The van der Waals surface area contributed by atoms with Crippen LogP contribution in [0, 0.1) is 0 Å². The lowest BCUT2D eigenvalue weighted by molar-refractivity contribution is -0.127. The second kappa shape index (κ2) is 10.5. The van der Waals surface area contributed by atoms with E-state index in [2.05, 4.69) is 16.4 Å². The molecule has 2 aromatic heterocycles. The van der Waals surface area contributed by atoms with Gasteiger partial charge in [-0.05, 0) is 23.6 Å². The fourth-order valence-electron chi connectivity index (χ4n) is 2.60. The Hall–Kier alpha value is -2.07. The first-order valence-electron chi connectivity index (χ1n) is 8.72. The van der Waals surface area contributed by atoms with Crippen molar-refractivity contribution in [3.05, 3.63) is 58.5 Å². The van der Waals surface area contributed by atoms with Gasteiger partial charge in [0, 0.05) is 31.4 Å². The monoisotopic (exact) mass is 512 g/mol. The lowest BCUT2D eigenvalue weighted by Crippen LogP contribution is -2.39. The summed E-state index contributed by atoms with van der Waals surface area (Å²) < 4.78 is 5.91. The molecule has 0 unspecified atom stereocenters. The van der Waals surface area contributed by atoms with E-state index in [1.54, 1.807) is 30.3 Å². The zero-order valence-electron chi connectivity index (χ0n) is 16.2. The number of hydrogen-bond acceptors (Lipinski definition) is 4. The molecule has 0 radical (unpaired) electrons. The second-order valence-electron chi connectivity index (χ2n) is 6.47. The number of halogens is 1.